The van der Waals surface area contributed by atoms with Crippen LogP contribution in [0.2, 0.25) is 36.3 Å². The normalized spacial score (nSPS) is 20.7. The van der Waals surface area contributed by atoms with E-state index in [2.05, 4.69) is 101 Å². The van der Waals surface area contributed by atoms with Crippen molar-refractivity contribution in [3.8, 4) is 0 Å². The summed E-state index contributed by atoms with van der Waals surface area (Å²) in [5, 5.41) is 2.85. The molecule has 3 rings (SSSR count). The van der Waals surface area contributed by atoms with E-state index in [4.69, 9.17) is 13.6 Å². The second-order valence-corrected chi connectivity index (χ2v) is 24.0. The molecule has 1 fully saturated rings. The molecule has 1 saturated heterocycles. The molecule has 1 amide bonds. The summed E-state index contributed by atoms with van der Waals surface area (Å²) in [6, 6.07) is 8.84. The molecule has 1 aliphatic rings. The number of ether oxygens (including phenoxy) is 1. The van der Waals surface area contributed by atoms with Gasteiger partial charge in [-0.15, -0.1) is 0 Å². The molecule has 0 saturated carbocycles. The van der Waals surface area contributed by atoms with E-state index < -0.39 is 28.6 Å². The lowest BCUT2D eigenvalue weighted by Crippen LogP contribution is -2.48. The Bertz CT molecular complexity index is 1220. The Labute approximate surface area is 248 Å². The van der Waals surface area contributed by atoms with Gasteiger partial charge < -0.3 is 18.9 Å². The maximum atomic E-state index is 13.2. The number of carbonyl (C=O) groups is 1. The highest BCUT2D eigenvalue weighted by molar-refractivity contribution is 14.1. The number of rotatable bonds is 8. The van der Waals surface area contributed by atoms with Crippen molar-refractivity contribution in [3.63, 3.8) is 0 Å². The van der Waals surface area contributed by atoms with Gasteiger partial charge in [-0.3, -0.25) is 9.36 Å². The Morgan fingerprint density at radius 3 is 2.23 bits per heavy atom. The molecule has 1 aliphatic heterocycles. The van der Waals surface area contributed by atoms with Crippen LogP contribution in [0.4, 0.5) is 5.82 Å². The molecule has 0 aliphatic carbocycles. The van der Waals surface area contributed by atoms with Gasteiger partial charge in [-0.05, 0) is 71.0 Å². The van der Waals surface area contributed by atoms with Gasteiger partial charge >= 0.3 is 5.69 Å². The van der Waals surface area contributed by atoms with Crippen LogP contribution in [0.5, 0.6) is 0 Å². The lowest BCUT2D eigenvalue weighted by Gasteiger charge is -2.40. The maximum Gasteiger partial charge on any atom is 0.351 e. The summed E-state index contributed by atoms with van der Waals surface area (Å²) in [7, 11) is -4.13. The number of hydrogen-bond acceptors (Lipinski definition) is 6. The summed E-state index contributed by atoms with van der Waals surface area (Å²) in [5.41, 5.74) is 0.00872. The molecule has 0 unspecified atom stereocenters. The number of benzene rings is 1. The zero-order chi connectivity index (χ0) is 29.4. The molecule has 2 aromatic rings. The van der Waals surface area contributed by atoms with Crippen LogP contribution in [0, 0.1) is 3.57 Å². The summed E-state index contributed by atoms with van der Waals surface area (Å²) in [4.78, 5) is 30.0. The summed E-state index contributed by atoms with van der Waals surface area (Å²) in [6.45, 7) is 22.6. The van der Waals surface area contributed by atoms with Gasteiger partial charge in [-0.2, -0.15) is 4.98 Å². The van der Waals surface area contributed by atoms with Crippen LogP contribution in [0.15, 0.2) is 41.3 Å². The van der Waals surface area contributed by atoms with Crippen molar-refractivity contribution in [1.82, 2.24) is 9.55 Å². The SMILES string of the molecule is CC(C)(C)[Si](C)(C)OC[C@H]1O[C@@H](n2cc(I)c(NC(=O)c3ccccc3)nc2=O)C[C@@H]1O[Si](C)(C)C(C)(C)C. The predicted octanol–water partition coefficient (Wildman–Crippen LogP) is 6.80. The smallest absolute Gasteiger partial charge is 0.351 e. The average molecular weight is 686 g/mol. The van der Waals surface area contributed by atoms with Crippen molar-refractivity contribution >= 4 is 51.0 Å². The Hall–Kier alpha value is -1.39. The van der Waals surface area contributed by atoms with E-state index in [0.717, 1.165) is 0 Å². The zero-order valence-electron chi connectivity index (χ0n) is 24.9. The number of halogens is 1. The third-order valence-electron chi connectivity index (χ3n) is 8.33. The highest BCUT2D eigenvalue weighted by Gasteiger charge is 2.46. The number of aromatic nitrogens is 2. The number of carbonyl (C=O) groups excluding carboxylic acids is 1. The topological polar surface area (TPSA) is 91.7 Å². The van der Waals surface area contributed by atoms with Gasteiger partial charge in [-0.25, -0.2) is 4.79 Å². The predicted molar refractivity (Wildman–Crippen MR) is 169 cm³/mol. The van der Waals surface area contributed by atoms with Gasteiger partial charge in [0.2, 0.25) is 0 Å². The van der Waals surface area contributed by atoms with Crippen molar-refractivity contribution in [2.45, 2.75) is 103 Å². The van der Waals surface area contributed by atoms with E-state index in [9.17, 15) is 9.59 Å². The Kier molecular flexibility index (Phi) is 9.76. The van der Waals surface area contributed by atoms with Crippen LogP contribution in [0.3, 0.4) is 0 Å². The molecule has 216 valence electrons. The third kappa shape index (κ3) is 7.67. The molecule has 1 aromatic carbocycles. The quantitative estimate of drug-likeness (QED) is 0.243. The number of nitrogens with zero attached hydrogens (tertiary/aromatic N) is 2. The van der Waals surface area contributed by atoms with Gasteiger partial charge in [0.15, 0.2) is 22.5 Å². The van der Waals surface area contributed by atoms with Gasteiger partial charge in [-0.1, -0.05) is 59.7 Å². The van der Waals surface area contributed by atoms with Crippen molar-refractivity contribution in [3.05, 3.63) is 56.1 Å². The average Bonchev–Trinajstić information content (AvgIpc) is 3.20. The standard InChI is InChI=1S/C28H44IN3O5Si2/c1-27(2,3)38(7,8)35-18-22-21(37-39(9,10)28(4,5)6)16-23(36-22)32-17-20(29)24(31-26(32)34)30-25(33)19-14-12-11-13-15-19/h11-15,17,21-23H,16,18H2,1-10H3,(H,30,31,33,34)/t21-,22+,23+/m0/s1. The van der Waals surface area contributed by atoms with Gasteiger partial charge in [0.25, 0.3) is 5.91 Å². The van der Waals surface area contributed by atoms with Crippen molar-refractivity contribution < 1.29 is 18.4 Å². The largest absolute Gasteiger partial charge is 0.414 e. The van der Waals surface area contributed by atoms with Crippen LogP contribution in [0.1, 0.15) is 64.5 Å². The molecule has 2 heterocycles. The Morgan fingerprint density at radius 1 is 1.08 bits per heavy atom. The third-order valence-corrected chi connectivity index (χ3v) is 18.1. The maximum absolute atomic E-state index is 13.2. The summed E-state index contributed by atoms with van der Waals surface area (Å²) in [6.07, 6.45) is 1.16. The van der Waals surface area contributed by atoms with Crippen molar-refractivity contribution in [1.29, 1.82) is 0 Å². The first-order valence-electron chi connectivity index (χ1n) is 13.4. The number of nitrogens with one attached hydrogen (secondary N) is 1. The summed E-state index contributed by atoms with van der Waals surface area (Å²) < 4.78 is 22.0. The van der Waals surface area contributed by atoms with E-state index >= 15 is 0 Å². The van der Waals surface area contributed by atoms with Gasteiger partial charge in [0.1, 0.15) is 12.3 Å². The molecule has 1 aromatic heterocycles. The second-order valence-electron chi connectivity index (χ2n) is 13.3. The van der Waals surface area contributed by atoms with Gasteiger partial charge in [0, 0.05) is 18.2 Å². The molecule has 0 radical (unpaired) electrons. The minimum atomic E-state index is -2.11. The second kappa shape index (κ2) is 11.8. The fraction of sp³-hybridized carbons (Fsp3) is 0.607. The van der Waals surface area contributed by atoms with E-state index in [1.807, 2.05) is 6.07 Å². The molecule has 0 spiro atoms. The highest BCUT2D eigenvalue weighted by Crippen LogP contribution is 2.42. The molecular weight excluding hydrogens is 641 g/mol. The monoisotopic (exact) mass is 685 g/mol. The van der Waals surface area contributed by atoms with Gasteiger partial charge in [0.05, 0.1) is 16.3 Å². The minimum absolute atomic E-state index is 0.0301. The summed E-state index contributed by atoms with van der Waals surface area (Å²) in [5.74, 6) is -0.0865. The Balaban J connectivity index is 1.85. The minimum Gasteiger partial charge on any atom is -0.414 e. The van der Waals surface area contributed by atoms with Crippen molar-refractivity contribution in [2.75, 3.05) is 11.9 Å². The highest BCUT2D eigenvalue weighted by atomic mass is 127. The number of hydrogen-bond donors (Lipinski definition) is 1. The first-order valence-corrected chi connectivity index (χ1v) is 20.3. The summed E-state index contributed by atoms with van der Waals surface area (Å²) >= 11 is 2.08. The zero-order valence-corrected chi connectivity index (χ0v) is 29.1. The fourth-order valence-corrected chi connectivity index (χ4v) is 6.64. The molecule has 39 heavy (non-hydrogen) atoms. The molecule has 8 nitrogen and oxygen atoms in total. The molecular formula is C28H44IN3O5Si2. The number of anilines is 1. The van der Waals surface area contributed by atoms with Crippen molar-refractivity contribution in [2.24, 2.45) is 0 Å². The van der Waals surface area contributed by atoms with Crippen LogP contribution in [-0.4, -0.2) is 50.9 Å². The van der Waals surface area contributed by atoms with Crippen LogP contribution < -0.4 is 11.0 Å². The molecule has 1 N–H and O–H groups in total. The first kappa shape index (κ1) is 32.1. The first-order chi connectivity index (χ1) is 17.8. The van der Waals surface area contributed by atoms with E-state index in [-0.39, 0.29) is 34.0 Å². The van der Waals surface area contributed by atoms with E-state index in [1.165, 1.54) is 4.57 Å². The fourth-order valence-electron chi connectivity index (χ4n) is 3.72. The molecule has 11 heteroatoms. The Morgan fingerprint density at radius 2 is 1.67 bits per heavy atom. The number of amides is 1. The van der Waals surface area contributed by atoms with E-state index in [0.29, 0.717) is 22.2 Å². The van der Waals surface area contributed by atoms with Crippen LogP contribution in [0.25, 0.3) is 0 Å². The lowest BCUT2D eigenvalue weighted by atomic mass is 10.2. The van der Waals surface area contributed by atoms with Crippen LogP contribution >= 0.6 is 22.6 Å². The van der Waals surface area contributed by atoms with E-state index in [1.54, 1.807) is 30.5 Å². The lowest BCUT2D eigenvalue weighted by molar-refractivity contribution is -0.0412. The molecule has 3 atom stereocenters. The van der Waals surface area contributed by atoms with Crippen LogP contribution in [-0.2, 0) is 13.6 Å². The molecule has 0 bridgehead atoms.